The molecule has 2 aromatic carbocycles. The molecule has 1 heterocycles. The molecule has 3 amide bonds. The average molecular weight is 346 g/mol. The van der Waals surface area contributed by atoms with Gasteiger partial charge < -0.3 is 4.74 Å². The van der Waals surface area contributed by atoms with Gasteiger partial charge in [0.1, 0.15) is 23.4 Å². The second-order valence-corrected chi connectivity index (χ2v) is 5.69. The summed E-state index contributed by atoms with van der Waals surface area (Å²) >= 11 is 0. The van der Waals surface area contributed by atoms with E-state index in [-0.39, 0.29) is 6.54 Å². The number of hydrogen-bond donors (Lipinski definition) is 0. The lowest BCUT2D eigenvalue weighted by atomic mass is 10.2. The maximum atomic E-state index is 13.5. The number of imide groups is 1. The Labute approximate surface area is 143 Å². The van der Waals surface area contributed by atoms with Gasteiger partial charge in [0.15, 0.2) is 0 Å². The van der Waals surface area contributed by atoms with Crippen LogP contribution in [0, 0.1) is 11.6 Å². The molecular formula is C18H16F2N2O3. The number of hydrogen-bond acceptors (Lipinski definition) is 3. The maximum absolute atomic E-state index is 13.5. The molecule has 3 rings (SSSR count). The molecule has 0 unspecified atom stereocenters. The molecule has 1 saturated heterocycles. The van der Waals surface area contributed by atoms with Crippen LogP contribution in [-0.2, 0) is 11.3 Å². The van der Waals surface area contributed by atoms with Gasteiger partial charge in [-0.1, -0.05) is 0 Å². The highest BCUT2D eigenvalue weighted by atomic mass is 19.1. The zero-order chi connectivity index (χ0) is 18.1. The highest BCUT2D eigenvalue weighted by molar-refractivity contribution is 6.14. The number of amides is 3. The third-order valence-corrected chi connectivity index (χ3v) is 4.12. The fraction of sp³-hybridized carbons (Fsp3) is 0.222. The van der Waals surface area contributed by atoms with Crippen LogP contribution in [0.25, 0.3) is 0 Å². The van der Waals surface area contributed by atoms with E-state index < -0.39 is 29.6 Å². The molecular weight excluding hydrogens is 330 g/mol. The van der Waals surface area contributed by atoms with Gasteiger partial charge >= 0.3 is 6.03 Å². The zero-order valence-electron chi connectivity index (χ0n) is 13.7. The summed E-state index contributed by atoms with van der Waals surface area (Å²) in [5.74, 6) is -0.954. The van der Waals surface area contributed by atoms with Gasteiger partial charge in [0.05, 0.1) is 13.7 Å². The number of ether oxygens (including phenoxy) is 1. The number of nitrogens with zero attached hydrogens (tertiary/aromatic N) is 2. The molecule has 7 heteroatoms. The van der Waals surface area contributed by atoms with Crippen molar-refractivity contribution in [3.63, 3.8) is 0 Å². The van der Waals surface area contributed by atoms with Crippen molar-refractivity contribution in [2.75, 3.05) is 12.0 Å². The Morgan fingerprint density at radius 1 is 1.04 bits per heavy atom. The average Bonchev–Trinajstić information content (AvgIpc) is 2.80. The van der Waals surface area contributed by atoms with E-state index in [1.165, 1.54) is 54.5 Å². The van der Waals surface area contributed by atoms with Crippen LogP contribution in [0.15, 0.2) is 42.5 Å². The Morgan fingerprint density at radius 3 is 2.32 bits per heavy atom. The molecule has 5 nitrogen and oxygen atoms in total. The van der Waals surface area contributed by atoms with Crippen molar-refractivity contribution in [1.82, 2.24) is 4.90 Å². The second kappa shape index (κ2) is 6.51. The van der Waals surface area contributed by atoms with Crippen molar-refractivity contribution < 1.29 is 23.1 Å². The third kappa shape index (κ3) is 3.05. The van der Waals surface area contributed by atoms with Crippen LogP contribution in [-0.4, -0.2) is 30.0 Å². The lowest BCUT2D eigenvalue weighted by Gasteiger charge is -2.19. The number of halogens is 2. The Kier molecular flexibility index (Phi) is 4.39. The van der Waals surface area contributed by atoms with Gasteiger partial charge in [-0.15, -0.1) is 0 Å². The fourth-order valence-electron chi connectivity index (χ4n) is 2.85. The highest BCUT2D eigenvalue weighted by Gasteiger charge is 2.43. The van der Waals surface area contributed by atoms with Gasteiger partial charge in [-0.25, -0.2) is 13.6 Å². The van der Waals surface area contributed by atoms with Gasteiger partial charge in [-0.3, -0.25) is 14.6 Å². The SMILES string of the molecule is COc1ccc(F)cc1CN1C(=O)[C@@H](C)N(c2ccc(F)cc2)C1=O. The number of anilines is 1. The monoisotopic (exact) mass is 346 g/mol. The summed E-state index contributed by atoms with van der Waals surface area (Å²) in [5.41, 5.74) is 0.804. The summed E-state index contributed by atoms with van der Waals surface area (Å²) in [6.07, 6.45) is 0. The largest absolute Gasteiger partial charge is 0.496 e. The minimum absolute atomic E-state index is 0.110. The predicted octanol–water partition coefficient (Wildman–Crippen LogP) is 3.33. The number of methoxy groups -OCH3 is 1. The van der Waals surface area contributed by atoms with Crippen molar-refractivity contribution in [3.8, 4) is 5.75 Å². The maximum Gasteiger partial charge on any atom is 0.332 e. The second-order valence-electron chi connectivity index (χ2n) is 5.69. The first-order valence-corrected chi connectivity index (χ1v) is 7.65. The molecule has 0 saturated carbocycles. The Hall–Kier alpha value is -2.96. The van der Waals surface area contributed by atoms with Crippen molar-refractivity contribution >= 4 is 17.6 Å². The van der Waals surface area contributed by atoms with Crippen LogP contribution in [0.5, 0.6) is 5.75 Å². The lowest BCUT2D eigenvalue weighted by Crippen LogP contribution is -2.33. The van der Waals surface area contributed by atoms with E-state index >= 15 is 0 Å². The van der Waals surface area contributed by atoms with Crippen LogP contribution in [0.3, 0.4) is 0 Å². The lowest BCUT2D eigenvalue weighted by molar-refractivity contribution is -0.127. The molecule has 1 aliphatic heterocycles. The van der Waals surface area contributed by atoms with Gasteiger partial charge in [0.25, 0.3) is 5.91 Å². The summed E-state index contributed by atoms with van der Waals surface area (Å²) in [4.78, 5) is 27.5. The fourth-order valence-corrected chi connectivity index (χ4v) is 2.85. The van der Waals surface area contributed by atoms with E-state index in [0.29, 0.717) is 17.0 Å². The molecule has 130 valence electrons. The molecule has 1 aliphatic rings. The molecule has 1 fully saturated rings. The van der Waals surface area contributed by atoms with E-state index in [0.717, 1.165) is 4.90 Å². The van der Waals surface area contributed by atoms with Crippen LogP contribution in [0.2, 0.25) is 0 Å². The third-order valence-electron chi connectivity index (χ3n) is 4.12. The molecule has 1 atom stereocenters. The topological polar surface area (TPSA) is 49.9 Å². The number of benzene rings is 2. The Balaban J connectivity index is 1.91. The molecule has 0 bridgehead atoms. The van der Waals surface area contributed by atoms with Crippen LogP contribution in [0.1, 0.15) is 12.5 Å². The van der Waals surface area contributed by atoms with E-state index in [4.69, 9.17) is 4.74 Å². The summed E-state index contributed by atoms with van der Waals surface area (Å²) in [5, 5.41) is 0. The normalized spacial score (nSPS) is 17.4. The Morgan fingerprint density at radius 2 is 1.68 bits per heavy atom. The summed E-state index contributed by atoms with van der Waals surface area (Å²) < 4.78 is 31.8. The molecule has 0 aromatic heterocycles. The van der Waals surface area contributed by atoms with Gasteiger partial charge in [0.2, 0.25) is 0 Å². The van der Waals surface area contributed by atoms with Gasteiger partial charge in [-0.05, 0) is 49.4 Å². The number of urea groups is 1. The molecule has 2 aromatic rings. The van der Waals surface area contributed by atoms with E-state index in [1.807, 2.05) is 0 Å². The molecule has 0 aliphatic carbocycles. The van der Waals surface area contributed by atoms with E-state index in [1.54, 1.807) is 6.92 Å². The predicted molar refractivity (Wildman–Crippen MR) is 87.2 cm³/mol. The smallest absolute Gasteiger partial charge is 0.332 e. The first-order chi connectivity index (χ1) is 11.9. The zero-order valence-corrected chi connectivity index (χ0v) is 13.7. The van der Waals surface area contributed by atoms with Crippen molar-refractivity contribution in [3.05, 3.63) is 59.7 Å². The van der Waals surface area contributed by atoms with E-state index in [2.05, 4.69) is 0 Å². The Bertz CT molecular complexity index is 824. The molecule has 0 radical (unpaired) electrons. The van der Waals surface area contributed by atoms with Crippen LogP contribution in [0.4, 0.5) is 19.3 Å². The van der Waals surface area contributed by atoms with Gasteiger partial charge in [0, 0.05) is 11.3 Å². The van der Waals surface area contributed by atoms with Crippen molar-refractivity contribution in [2.24, 2.45) is 0 Å². The van der Waals surface area contributed by atoms with Crippen LogP contribution < -0.4 is 9.64 Å². The molecule has 0 N–H and O–H groups in total. The minimum Gasteiger partial charge on any atom is -0.496 e. The van der Waals surface area contributed by atoms with Crippen molar-refractivity contribution in [2.45, 2.75) is 19.5 Å². The first-order valence-electron chi connectivity index (χ1n) is 7.65. The number of rotatable bonds is 4. The minimum atomic E-state index is -0.738. The highest BCUT2D eigenvalue weighted by Crippen LogP contribution is 2.29. The van der Waals surface area contributed by atoms with Gasteiger partial charge in [-0.2, -0.15) is 0 Å². The quantitative estimate of drug-likeness (QED) is 0.798. The molecule has 25 heavy (non-hydrogen) atoms. The van der Waals surface area contributed by atoms with E-state index in [9.17, 15) is 18.4 Å². The number of carbonyl (C=O) groups excluding carboxylic acids is 2. The molecule has 0 spiro atoms. The summed E-state index contributed by atoms with van der Waals surface area (Å²) in [7, 11) is 1.43. The standard InChI is InChI=1S/C18H16F2N2O3/c1-11-17(23)21(10-12-9-14(20)5-8-16(12)25-2)18(24)22(11)15-6-3-13(19)4-7-15/h3-9,11H,10H2,1-2H3/t11-/m1/s1. The van der Waals surface area contributed by atoms with Crippen molar-refractivity contribution in [1.29, 1.82) is 0 Å². The van der Waals surface area contributed by atoms with Crippen LogP contribution >= 0.6 is 0 Å². The first kappa shape index (κ1) is 16.9. The summed E-state index contributed by atoms with van der Waals surface area (Å²) in [6.45, 7) is 1.48. The summed E-state index contributed by atoms with van der Waals surface area (Å²) in [6, 6.07) is 7.93. The number of carbonyl (C=O) groups is 2.